The molecule has 1 atom stereocenters. The number of fused-ring (bicyclic) bond motifs is 1. The average Bonchev–Trinajstić information content (AvgIpc) is 2.84. The number of hydrogen-bond acceptors (Lipinski definition) is 3. The number of nitrogens with one attached hydrogen (secondary N) is 1. The van der Waals surface area contributed by atoms with Crippen LogP contribution in [0.3, 0.4) is 0 Å². The van der Waals surface area contributed by atoms with Crippen LogP contribution in [0.25, 0.3) is 0 Å². The maximum Gasteiger partial charge on any atom is 0.0260 e. The summed E-state index contributed by atoms with van der Waals surface area (Å²) < 4.78 is 0. The second-order valence-electron chi connectivity index (χ2n) is 5.16. The van der Waals surface area contributed by atoms with E-state index in [0.717, 1.165) is 11.8 Å². The summed E-state index contributed by atoms with van der Waals surface area (Å²) in [7, 11) is 0. The van der Waals surface area contributed by atoms with Gasteiger partial charge < -0.3 is 5.32 Å². The van der Waals surface area contributed by atoms with Gasteiger partial charge in [-0.3, -0.25) is 0 Å². The minimum atomic E-state index is 0.744. The first kappa shape index (κ1) is 15.3. The third kappa shape index (κ3) is 5.41. The predicted octanol–water partition coefficient (Wildman–Crippen LogP) is 4.22. The van der Waals surface area contributed by atoms with Gasteiger partial charge in [0, 0.05) is 16.7 Å². The van der Waals surface area contributed by atoms with Crippen LogP contribution in [-0.4, -0.2) is 30.3 Å². The zero-order chi connectivity index (χ0) is 13.3. The van der Waals surface area contributed by atoms with E-state index in [1.54, 1.807) is 0 Å². The van der Waals surface area contributed by atoms with Gasteiger partial charge in [0.25, 0.3) is 0 Å². The van der Waals surface area contributed by atoms with E-state index in [1.807, 2.05) is 23.5 Å². The molecule has 0 saturated heterocycles. The number of unbranched alkanes of at least 4 members (excludes halogenated alkanes) is 3. The summed E-state index contributed by atoms with van der Waals surface area (Å²) in [5.74, 6) is 1.32. The van der Waals surface area contributed by atoms with E-state index in [1.165, 1.54) is 54.9 Å². The summed E-state index contributed by atoms with van der Waals surface area (Å²) >= 11 is 4.01. The predicted molar refractivity (Wildman–Crippen MR) is 89.5 cm³/mol. The van der Waals surface area contributed by atoms with Gasteiger partial charge in [-0.2, -0.15) is 11.8 Å². The Labute approximate surface area is 126 Å². The summed E-state index contributed by atoms with van der Waals surface area (Å²) in [5, 5.41) is 4.37. The minimum Gasteiger partial charge on any atom is -0.316 e. The van der Waals surface area contributed by atoms with E-state index < -0.39 is 0 Å². The second-order valence-corrected chi connectivity index (χ2v) is 7.49. The van der Waals surface area contributed by atoms with Gasteiger partial charge in [0.2, 0.25) is 0 Å². The molecule has 1 heterocycles. The van der Waals surface area contributed by atoms with Crippen molar-refractivity contribution in [3.05, 3.63) is 29.8 Å². The van der Waals surface area contributed by atoms with Gasteiger partial charge in [-0.05, 0) is 49.4 Å². The topological polar surface area (TPSA) is 12.0 Å². The molecule has 1 aromatic rings. The molecular formula is C16H25NS2. The first-order valence-corrected chi connectivity index (χ1v) is 9.61. The van der Waals surface area contributed by atoms with Crippen LogP contribution in [0, 0.1) is 0 Å². The molecule has 106 valence electrons. The van der Waals surface area contributed by atoms with Crippen molar-refractivity contribution in [2.45, 2.75) is 42.2 Å². The number of rotatable bonds is 9. The zero-order valence-corrected chi connectivity index (χ0v) is 13.5. The van der Waals surface area contributed by atoms with E-state index in [4.69, 9.17) is 0 Å². The summed E-state index contributed by atoms with van der Waals surface area (Å²) in [4.78, 5) is 1.49. The lowest BCUT2D eigenvalue weighted by molar-refractivity contribution is 0.593. The van der Waals surface area contributed by atoms with Crippen LogP contribution < -0.4 is 5.32 Å². The van der Waals surface area contributed by atoms with Gasteiger partial charge in [0.15, 0.2) is 0 Å². The molecule has 3 heteroatoms. The fraction of sp³-hybridized carbons (Fsp3) is 0.625. The van der Waals surface area contributed by atoms with E-state index in [-0.39, 0.29) is 0 Å². The first-order valence-electron chi connectivity index (χ1n) is 7.34. The van der Waals surface area contributed by atoms with Crippen LogP contribution in [0.2, 0.25) is 0 Å². The molecule has 1 aromatic carbocycles. The summed E-state index contributed by atoms with van der Waals surface area (Å²) in [5.41, 5.74) is 1.54. The molecule has 0 saturated carbocycles. The van der Waals surface area contributed by atoms with E-state index >= 15 is 0 Å². The van der Waals surface area contributed by atoms with Gasteiger partial charge in [0.1, 0.15) is 0 Å². The van der Waals surface area contributed by atoms with Crippen molar-refractivity contribution in [3.8, 4) is 0 Å². The lowest BCUT2D eigenvalue weighted by Gasteiger charge is -2.09. The highest BCUT2D eigenvalue weighted by Crippen LogP contribution is 2.36. The van der Waals surface area contributed by atoms with Gasteiger partial charge in [0.05, 0.1) is 0 Å². The van der Waals surface area contributed by atoms with Gasteiger partial charge in [-0.25, -0.2) is 0 Å². The van der Waals surface area contributed by atoms with E-state index in [9.17, 15) is 0 Å². The van der Waals surface area contributed by atoms with Crippen molar-refractivity contribution in [3.63, 3.8) is 0 Å². The molecule has 1 nitrogen and oxygen atoms in total. The Balaban J connectivity index is 1.49. The molecule has 1 unspecified atom stereocenters. The Morgan fingerprint density at radius 1 is 1.21 bits per heavy atom. The second kappa shape index (κ2) is 8.93. The molecule has 2 rings (SSSR count). The summed E-state index contributed by atoms with van der Waals surface area (Å²) in [6.45, 7) is 2.34. The Morgan fingerprint density at radius 3 is 2.89 bits per heavy atom. The molecule has 0 radical (unpaired) electrons. The molecule has 19 heavy (non-hydrogen) atoms. The van der Waals surface area contributed by atoms with E-state index in [0.29, 0.717) is 0 Å². The van der Waals surface area contributed by atoms with Gasteiger partial charge in [-0.1, -0.05) is 31.0 Å². The monoisotopic (exact) mass is 295 g/mol. The van der Waals surface area contributed by atoms with Crippen molar-refractivity contribution >= 4 is 23.5 Å². The van der Waals surface area contributed by atoms with Crippen molar-refractivity contribution in [1.29, 1.82) is 0 Å². The van der Waals surface area contributed by atoms with Crippen LogP contribution in [0.1, 0.15) is 31.2 Å². The summed E-state index contributed by atoms with van der Waals surface area (Å²) in [6.07, 6.45) is 8.92. The highest BCUT2D eigenvalue weighted by molar-refractivity contribution is 8.00. The largest absolute Gasteiger partial charge is 0.316 e. The lowest BCUT2D eigenvalue weighted by Crippen LogP contribution is -2.25. The Kier molecular flexibility index (Phi) is 7.18. The van der Waals surface area contributed by atoms with Crippen molar-refractivity contribution < 1.29 is 0 Å². The molecule has 1 aliphatic heterocycles. The molecule has 0 aliphatic carbocycles. The SMILES string of the molecule is CSCCCCCCNCC1Cc2ccccc2S1. The Bertz CT molecular complexity index is 343. The zero-order valence-electron chi connectivity index (χ0n) is 11.9. The maximum atomic E-state index is 3.63. The number of hydrogen-bond donors (Lipinski definition) is 1. The normalized spacial score (nSPS) is 17.6. The Morgan fingerprint density at radius 2 is 2.05 bits per heavy atom. The lowest BCUT2D eigenvalue weighted by atomic mass is 10.1. The van der Waals surface area contributed by atoms with Crippen molar-refractivity contribution in [2.75, 3.05) is 25.1 Å². The molecule has 1 N–H and O–H groups in total. The van der Waals surface area contributed by atoms with Crippen molar-refractivity contribution in [2.24, 2.45) is 0 Å². The van der Waals surface area contributed by atoms with E-state index in [2.05, 4.69) is 35.8 Å². The van der Waals surface area contributed by atoms with Crippen LogP contribution in [0.15, 0.2) is 29.2 Å². The van der Waals surface area contributed by atoms with Crippen LogP contribution in [0.5, 0.6) is 0 Å². The van der Waals surface area contributed by atoms with Gasteiger partial charge in [-0.15, -0.1) is 11.8 Å². The maximum absolute atomic E-state index is 3.63. The molecule has 0 aromatic heterocycles. The summed E-state index contributed by atoms with van der Waals surface area (Å²) in [6, 6.07) is 8.83. The standard InChI is InChI=1S/C16H25NS2/c1-18-11-7-3-2-6-10-17-13-15-12-14-8-4-5-9-16(14)19-15/h4-5,8-9,15,17H,2-3,6-7,10-13H2,1H3. The molecule has 0 fully saturated rings. The molecule has 1 aliphatic rings. The molecule has 0 amide bonds. The number of thioether (sulfide) groups is 2. The Hall–Kier alpha value is -0.120. The first-order chi connectivity index (χ1) is 9.40. The van der Waals surface area contributed by atoms with Crippen LogP contribution in [-0.2, 0) is 6.42 Å². The molecular weight excluding hydrogens is 270 g/mol. The highest BCUT2D eigenvalue weighted by atomic mass is 32.2. The van der Waals surface area contributed by atoms with Gasteiger partial charge >= 0.3 is 0 Å². The minimum absolute atomic E-state index is 0.744. The average molecular weight is 296 g/mol. The van der Waals surface area contributed by atoms with Crippen LogP contribution in [0.4, 0.5) is 0 Å². The highest BCUT2D eigenvalue weighted by Gasteiger charge is 2.20. The third-order valence-corrected chi connectivity index (χ3v) is 5.55. The third-order valence-electron chi connectivity index (χ3n) is 3.54. The van der Waals surface area contributed by atoms with Crippen LogP contribution >= 0.6 is 23.5 Å². The number of benzene rings is 1. The van der Waals surface area contributed by atoms with Crippen molar-refractivity contribution in [1.82, 2.24) is 5.32 Å². The quantitative estimate of drug-likeness (QED) is 0.685. The smallest absolute Gasteiger partial charge is 0.0260 e. The molecule has 0 spiro atoms. The molecule has 0 bridgehead atoms. The fourth-order valence-electron chi connectivity index (χ4n) is 2.48. The fourth-order valence-corrected chi connectivity index (χ4v) is 4.26.